The number of carboxylic acid groups (broad SMARTS) is 1. The molecular weight excluding hydrogens is 254 g/mol. The minimum atomic E-state index is -0.815. The molecule has 0 bridgehead atoms. The lowest BCUT2D eigenvalue weighted by Crippen LogP contribution is -2.15. The average Bonchev–Trinajstić information content (AvgIpc) is 3.18. The molecule has 0 amide bonds. The third kappa shape index (κ3) is 3.97. The Labute approximate surface area is 119 Å². The van der Waals surface area contributed by atoms with Crippen molar-refractivity contribution in [1.82, 2.24) is 0 Å². The normalized spacial score (nSPS) is 15.9. The van der Waals surface area contributed by atoms with Crippen molar-refractivity contribution in [2.75, 3.05) is 6.61 Å². The number of hydrogen-bond acceptors (Lipinski definition) is 3. The summed E-state index contributed by atoms with van der Waals surface area (Å²) in [6.07, 6.45) is 2.99. The number of aryl methyl sites for hydroxylation is 2. The molecule has 0 aromatic heterocycles. The molecule has 0 aliphatic heterocycles. The lowest BCUT2D eigenvalue weighted by Gasteiger charge is -2.19. The highest BCUT2D eigenvalue weighted by Crippen LogP contribution is 2.34. The van der Waals surface area contributed by atoms with Crippen LogP contribution >= 0.6 is 0 Å². The van der Waals surface area contributed by atoms with E-state index < -0.39 is 5.97 Å². The molecule has 0 saturated heterocycles. The van der Waals surface area contributed by atoms with Gasteiger partial charge in [0.1, 0.15) is 5.75 Å². The minimum Gasteiger partial charge on any atom is -0.493 e. The molecule has 1 fully saturated rings. The molecule has 0 heterocycles. The molecule has 0 spiro atoms. The van der Waals surface area contributed by atoms with Gasteiger partial charge in [0.2, 0.25) is 0 Å². The van der Waals surface area contributed by atoms with Crippen LogP contribution in [-0.2, 0) is 4.79 Å². The number of rotatable bonds is 7. The van der Waals surface area contributed by atoms with E-state index in [9.17, 15) is 4.79 Å². The summed E-state index contributed by atoms with van der Waals surface area (Å²) in [5.74, 6) is 0.712. The third-order valence-corrected chi connectivity index (χ3v) is 3.68. The summed E-state index contributed by atoms with van der Waals surface area (Å²) in [7, 11) is 0. The Morgan fingerprint density at radius 1 is 1.45 bits per heavy atom. The largest absolute Gasteiger partial charge is 0.493 e. The summed E-state index contributed by atoms with van der Waals surface area (Å²) in [4.78, 5) is 10.7. The summed E-state index contributed by atoms with van der Waals surface area (Å²) < 4.78 is 5.95. The van der Waals surface area contributed by atoms with Crippen LogP contribution in [0.5, 0.6) is 5.75 Å². The molecule has 110 valence electrons. The molecule has 1 aromatic carbocycles. The van der Waals surface area contributed by atoms with E-state index in [0.29, 0.717) is 12.3 Å². The van der Waals surface area contributed by atoms with Crippen LogP contribution in [0.25, 0.3) is 0 Å². The molecule has 1 atom stereocenters. The van der Waals surface area contributed by atoms with Crippen LogP contribution in [0.4, 0.5) is 0 Å². The Morgan fingerprint density at radius 3 is 2.75 bits per heavy atom. The number of nitrogens with two attached hydrogens (primary N) is 1. The van der Waals surface area contributed by atoms with Crippen molar-refractivity contribution >= 4 is 5.97 Å². The van der Waals surface area contributed by atoms with Crippen molar-refractivity contribution in [3.05, 3.63) is 28.8 Å². The molecule has 4 heteroatoms. The zero-order valence-corrected chi connectivity index (χ0v) is 12.2. The summed E-state index contributed by atoms with van der Waals surface area (Å²) in [6, 6.07) is 3.80. The van der Waals surface area contributed by atoms with E-state index in [2.05, 4.69) is 6.07 Å². The van der Waals surface area contributed by atoms with Crippen LogP contribution in [0.2, 0.25) is 0 Å². The van der Waals surface area contributed by atoms with Crippen molar-refractivity contribution in [2.45, 2.75) is 45.6 Å². The van der Waals surface area contributed by atoms with E-state index in [1.807, 2.05) is 19.9 Å². The van der Waals surface area contributed by atoms with Crippen LogP contribution < -0.4 is 10.5 Å². The first kappa shape index (κ1) is 14.9. The van der Waals surface area contributed by atoms with E-state index >= 15 is 0 Å². The molecule has 2 rings (SSSR count). The summed E-state index contributed by atoms with van der Waals surface area (Å²) in [6.45, 7) is 4.77. The fourth-order valence-electron chi connectivity index (χ4n) is 2.38. The second-order valence-corrected chi connectivity index (χ2v) is 5.79. The zero-order chi connectivity index (χ0) is 14.7. The molecule has 4 nitrogen and oxygen atoms in total. The standard InChI is InChI=1S/C16H23NO3/c1-10-7-11(2)16(20-9-12-3-4-12)13(8-10)14(17)5-6-15(18)19/h7-8,12,14H,3-6,9,17H2,1-2H3,(H,18,19). The van der Waals surface area contributed by atoms with Gasteiger partial charge in [-0.3, -0.25) is 4.79 Å². The second kappa shape index (κ2) is 6.27. The van der Waals surface area contributed by atoms with Crippen LogP contribution in [0.3, 0.4) is 0 Å². The monoisotopic (exact) mass is 277 g/mol. The van der Waals surface area contributed by atoms with Crippen LogP contribution in [0.1, 0.15) is 48.4 Å². The number of carboxylic acids is 1. The first-order chi connectivity index (χ1) is 9.47. The number of hydrogen-bond donors (Lipinski definition) is 2. The van der Waals surface area contributed by atoms with E-state index in [0.717, 1.165) is 29.0 Å². The van der Waals surface area contributed by atoms with Gasteiger partial charge in [0.25, 0.3) is 0 Å². The summed E-state index contributed by atoms with van der Waals surface area (Å²) in [5, 5.41) is 8.79. The Hall–Kier alpha value is -1.55. The van der Waals surface area contributed by atoms with Gasteiger partial charge in [-0.2, -0.15) is 0 Å². The van der Waals surface area contributed by atoms with Crippen LogP contribution in [0.15, 0.2) is 12.1 Å². The van der Waals surface area contributed by atoms with Crippen molar-refractivity contribution in [2.24, 2.45) is 11.7 Å². The fourth-order valence-corrected chi connectivity index (χ4v) is 2.38. The Morgan fingerprint density at radius 2 is 2.15 bits per heavy atom. The van der Waals surface area contributed by atoms with Gasteiger partial charge in [-0.25, -0.2) is 0 Å². The van der Waals surface area contributed by atoms with Crippen molar-refractivity contribution in [3.63, 3.8) is 0 Å². The van der Waals surface area contributed by atoms with Crippen molar-refractivity contribution < 1.29 is 14.6 Å². The smallest absolute Gasteiger partial charge is 0.303 e. The van der Waals surface area contributed by atoms with E-state index in [1.54, 1.807) is 0 Å². The summed E-state index contributed by atoms with van der Waals surface area (Å²) >= 11 is 0. The van der Waals surface area contributed by atoms with Gasteiger partial charge in [-0.1, -0.05) is 17.7 Å². The number of ether oxygens (including phenoxy) is 1. The Kier molecular flexibility index (Phi) is 4.65. The molecule has 0 radical (unpaired) electrons. The lowest BCUT2D eigenvalue weighted by atomic mass is 9.97. The highest BCUT2D eigenvalue weighted by atomic mass is 16.5. The Bertz CT molecular complexity index is 495. The molecule has 1 aromatic rings. The lowest BCUT2D eigenvalue weighted by molar-refractivity contribution is -0.137. The Balaban J connectivity index is 2.16. The molecule has 20 heavy (non-hydrogen) atoms. The number of carbonyl (C=O) groups is 1. The fraction of sp³-hybridized carbons (Fsp3) is 0.562. The highest BCUT2D eigenvalue weighted by Gasteiger charge is 2.24. The van der Waals surface area contributed by atoms with Crippen molar-refractivity contribution in [1.29, 1.82) is 0 Å². The number of aliphatic carboxylic acids is 1. The van der Waals surface area contributed by atoms with Gasteiger partial charge in [0, 0.05) is 18.0 Å². The number of benzene rings is 1. The first-order valence-corrected chi connectivity index (χ1v) is 7.18. The van der Waals surface area contributed by atoms with Gasteiger partial charge >= 0.3 is 5.97 Å². The topological polar surface area (TPSA) is 72.5 Å². The molecule has 1 unspecified atom stereocenters. The van der Waals surface area contributed by atoms with Crippen molar-refractivity contribution in [3.8, 4) is 5.75 Å². The molecule has 3 N–H and O–H groups in total. The molecule has 1 aliphatic rings. The van der Waals surface area contributed by atoms with Crippen LogP contribution in [-0.4, -0.2) is 17.7 Å². The predicted molar refractivity (Wildman–Crippen MR) is 77.9 cm³/mol. The quantitative estimate of drug-likeness (QED) is 0.803. The molecule has 1 aliphatic carbocycles. The SMILES string of the molecule is Cc1cc(C)c(OCC2CC2)c(C(N)CCC(=O)O)c1. The van der Waals surface area contributed by atoms with Gasteiger partial charge in [0.05, 0.1) is 6.61 Å². The van der Waals surface area contributed by atoms with Crippen LogP contribution in [0, 0.1) is 19.8 Å². The highest BCUT2D eigenvalue weighted by molar-refractivity contribution is 5.66. The maximum absolute atomic E-state index is 10.7. The maximum atomic E-state index is 10.7. The predicted octanol–water partition coefficient (Wildman–Crippen LogP) is 2.96. The van der Waals surface area contributed by atoms with E-state index in [4.69, 9.17) is 15.6 Å². The van der Waals surface area contributed by atoms with E-state index in [1.165, 1.54) is 12.8 Å². The van der Waals surface area contributed by atoms with Gasteiger partial charge in [-0.05, 0) is 44.6 Å². The minimum absolute atomic E-state index is 0.0796. The van der Waals surface area contributed by atoms with E-state index in [-0.39, 0.29) is 12.5 Å². The maximum Gasteiger partial charge on any atom is 0.303 e. The third-order valence-electron chi connectivity index (χ3n) is 3.68. The van der Waals surface area contributed by atoms with Gasteiger partial charge < -0.3 is 15.6 Å². The second-order valence-electron chi connectivity index (χ2n) is 5.79. The molecule has 1 saturated carbocycles. The van der Waals surface area contributed by atoms with Gasteiger partial charge in [0.15, 0.2) is 0 Å². The molecular formula is C16H23NO3. The average molecular weight is 277 g/mol. The summed E-state index contributed by atoms with van der Waals surface area (Å²) in [5.41, 5.74) is 9.30. The van der Waals surface area contributed by atoms with Gasteiger partial charge in [-0.15, -0.1) is 0 Å². The zero-order valence-electron chi connectivity index (χ0n) is 12.2. The first-order valence-electron chi connectivity index (χ1n) is 7.18.